The number of rotatable bonds is 4. The first-order valence-electron chi connectivity index (χ1n) is 7.50. The van der Waals surface area contributed by atoms with Gasteiger partial charge in [0.25, 0.3) is 0 Å². The molecule has 0 atom stereocenters. The van der Waals surface area contributed by atoms with Crippen LogP contribution >= 0.6 is 0 Å². The maximum Gasteiger partial charge on any atom is 0.223 e. The summed E-state index contributed by atoms with van der Waals surface area (Å²) < 4.78 is 1.76. The second-order valence-corrected chi connectivity index (χ2v) is 5.47. The molecule has 2 aromatic heterocycles. The molecule has 0 spiro atoms. The molecule has 0 saturated carbocycles. The van der Waals surface area contributed by atoms with Gasteiger partial charge in [-0.15, -0.1) is 5.10 Å². The lowest BCUT2D eigenvalue weighted by Crippen LogP contribution is -2.49. The summed E-state index contributed by atoms with van der Waals surface area (Å²) in [5.74, 6) is 1.09. The van der Waals surface area contributed by atoms with E-state index in [0.717, 1.165) is 44.0 Å². The maximum absolute atomic E-state index is 12.3. The monoisotopic (exact) mass is 300 g/mol. The van der Waals surface area contributed by atoms with E-state index in [4.69, 9.17) is 0 Å². The van der Waals surface area contributed by atoms with Crippen molar-refractivity contribution in [3.8, 4) is 0 Å². The van der Waals surface area contributed by atoms with Gasteiger partial charge in [-0.25, -0.2) is 0 Å². The third kappa shape index (κ3) is 3.41. The van der Waals surface area contributed by atoms with Crippen LogP contribution in [0.15, 0.2) is 30.7 Å². The molecule has 1 saturated heterocycles. The number of anilines is 1. The Kier molecular flexibility index (Phi) is 4.32. The summed E-state index contributed by atoms with van der Waals surface area (Å²) >= 11 is 0. The van der Waals surface area contributed by atoms with Crippen LogP contribution in [0.4, 0.5) is 5.82 Å². The Bertz CT molecular complexity index is 618. The molecule has 1 fully saturated rings. The van der Waals surface area contributed by atoms with Crippen LogP contribution in [-0.4, -0.2) is 57.0 Å². The van der Waals surface area contributed by atoms with Crippen molar-refractivity contribution in [3.63, 3.8) is 0 Å². The second-order valence-electron chi connectivity index (χ2n) is 5.47. The van der Waals surface area contributed by atoms with E-state index in [2.05, 4.69) is 20.2 Å². The van der Waals surface area contributed by atoms with E-state index in [1.54, 1.807) is 10.9 Å². The van der Waals surface area contributed by atoms with Crippen LogP contribution in [0.3, 0.4) is 0 Å². The first-order chi connectivity index (χ1) is 10.7. The fourth-order valence-electron chi connectivity index (χ4n) is 2.66. The number of aromatic nitrogens is 4. The van der Waals surface area contributed by atoms with Crippen molar-refractivity contribution in [3.05, 3.63) is 36.3 Å². The predicted octanol–water partition coefficient (Wildman–Crippen LogP) is 0.491. The zero-order valence-electron chi connectivity index (χ0n) is 12.7. The fourth-order valence-corrected chi connectivity index (χ4v) is 2.66. The third-order valence-electron chi connectivity index (χ3n) is 3.90. The summed E-state index contributed by atoms with van der Waals surface area (Å²) in [6.45, 7) is 3.08. The Morgan fingerprint density at radius 3 is 2.73 bits per heavy atom. The van der Waals surface area contributed by atoms with Crippen molar-refractivity contribution in [2.75, 3.05) is 31.1 Å². The summed E-state index contributed by atoms with van der Waals surface area (Å²) in [6.07, 6.45) is 6.73. The minimum absolute atomic E-state index is 0.211. The van der Waals surface area contributed by atoms with E-state index in [1.165, 1.54) is 0 Å². The highest BCUT2D eigenvalue weighted by Gasteiger charge is 2.21. The van der Waals surface area contributed by atoms with Gasteiger partial charge < -0.3 is 9.80 Å². The number of carbonyl (C=O) groups is 1. The topological polar surface area (TPSA) is 67.2 Å². The Balaban J connectivity index is 1.47. The lowest BCUT2D eigenvalue weighted by molar-refractivity contribution is -0.131. The van der Waals surface area contributed by atoms with Crippen LogP contribution in [0.25, 0.3) is 0 Å². The molecule has 116 valence electrons. The lowest BCUT2D eigenvalue weighted by atomic mass is 10.1. The second kappa shape index (κ2) is 6.55. The van der Waals surface area contributed by atoms with Gasteiger partial charge in [-0.05, 0) is 24.1 Å². The SMILES string of the molecule is Cn1cc(CCC(=O)N2CCN(c3cccnn3)CC2)cn1. The molecule has 0 bridgehead atoms. The Hall–Kier alpha value is -2.44. The normalized spacial score (nSPS) is 15.1. The minimum Gasteiger partial charge on any atom is -0.352 e. The van der Waals surface area contributed by atoms with Gasteiger partial charge in [0.1, 0.15) is 0 Å². The molecule has 1 aliphatic heterocycles. The van der Waals surface area contributed by atoms with Crippen molar-refractivity contribution >= 4 is 11.7 Å². The number of carbonyl (C=O) groups excluding carboxylic acids is 1. The van der Waals surface area contributed by atoms with Crippen LogP contribution in [0, 0.1) is 0 Å². The quantitative estimate of drug-likeness (QED) is 0.822. The standard InChI is InChI=1S/C15H20N6O/c1-19-12-13(11-17-19)4-5-15(22)21-9-7-20(8-10-21)14-3-2-6-16-18-14/h2-3,6,11-12H,4-5,7-10H2,1H3. The molecule has 0 radical (unpaired) electrons. The average molecular weight is 300 g/mol. The van der Waals surface area contributed by atoms with Gasteiger partial charge in [0.2, 0.25) is 5.91 Å². The predicted molar refractivity (Wildman–Crippen MR) is 82.4 cm³/mol. The molecule has 3 rings (SSSR count). The summed E-state index contributed by atoms with van der Waals surface area (Å²) in [4.78, 5) is 16.4. The van der Waals surface area contributed by atoms with Gasteiger partial charge in [-0.3, -0.25) is 9.48 Å². The molecular formula is C15H20N6O. The van der Waals surface area contributed by atoms with Crippen molar-refractivity contribution in [2.45, 2.75) is 12.8 Å². The number of nitrogens with zero attached hydrogens (tertiary/aromatic N) is 6. The molecule has 1 amide bonds. The van der Waals surface area contributed by atoms with Crippen LogP contribution in [0.5, 0.6) is 0 Å². The van der Waals surface area contributed by atoms with Gasteiger partial charge in [0, 0.05) is 52.0 Å². The van der Waals surface area contributed by atoms with Crippen LogP contribution < -0.4 is 4.90 Å². The van der Waals surface area contributed by atoms with Gasteiger partial charge in [0.05, 0.1) is 6.20 Å². The smallest absolute Gasteiger partial charge is 0.223 e. The van der Waals surface area contributed by atoms with E-state index >= 15 is 0 Å². The Labute approximate surface area is 129 Å². The largest absolute Gasteiger partial charge is 0.352 e. The molecule has 7 heteroatoms. The van der Waals surface area contributed by atoms with E-state index in [1.807, 2.05) is 36.5 Å². The number of amides is 1. The highest BCUT2D eigenvalue weighted by Crippen LogP contribution is 2.13. The molecule has 22 heavy (non-hydrogen) atoms. The summed E-state index contributed by atoms with van der Waals surface area (Å²) in [7, 11) is 1.89. The molecular weight excluding hydrogens is 280 g/mol. The summed E-state index contributed by atoms with van der Waals surface area (Å²) in [5, 5.41) is 12.1. The van der Waals surface area contributed by atoms with Crippen LogP contribution in [0.1, 0.15) is 12.0 Å². The minimum atomic E-state index is 0.211. The molecule has 3 heterocycles. The Morgan fingerprint density at radius 2 is 2.09 bits per heavy atom. The third-order valence-corrected chi connectivity index (χ3v) is 3.90. The zero-order valence-corrected chi connectivity index (χ0v) is 12.7. The van der Waals surface area contributed by atoms with Crippen LogP contribution in [-0.2, 0) is 18.3 Å². The van der Waals surface area contributed by atoms with Crippen molar-refractivity contribution in [1.82, 2.24) is 24.9 Å². The molecule has 0 N–H and O–H groups in total. The summed E-state index contributed by atoms with van der Waals surface area (Å²) in [5.41, 5.74) is 1.11. The lowest BCUT2D eigenvalue weighted by Gasteiger charge is -2.35. The zero-order chi connectivity index (χ0) is 15.4. The molecule has 7 nitrogen and oxygen atoms in total. The van der Waals surface area contributed by atoms with Gasteiger partial charge in [-0.2, -0.15) is 10.2 Å². The van der Waals surface area contributed by atoms with Crippen molar-refractivity contribution in [2.24, 2.45) is 7.05 Å². The fraction of sp³-hybridized carbons (Fsp3) is 0.467. The van der Waals surface area contributed by atoms with Gasteiger partial charge in [0.15, 0.2) is 5.82 Å². The van der Waals surface area contributed by atoms with E-state index in [-0.39, 0.29) is 5.91 Å². The number of aryl methyl sites for hydroxylation is 2. The molecule has 0 aromatic carbocycles. The Morgan fingerprint density at radius 1 is 1.27 bits per heavy atom. The summed E-state index contributed by atoms with van der Waals surface area (Å²) in [6, 6.07) is 3.83. The number of hydrogen-bond donors (Lipinski definition) is 0. The average Bonchev–Trinajstić information content (AvgIpc) is 2.99. The van der Waals surface area contributed by atoms with Gasteiger partial charge >= 0.3 is 0 Å². The number of piperazine rings is 1. The van der Waals surface area contributed by atoms with Gasteiger partial charge in [-0.1, -0.05) is 0 Å². The first-order valence-corrected chi connectivity index (χ1v) is 7.50. The first kappa shape index (κ1) is 14.5. The van der Waals surface area contributed by atoms with Crippen molar-refractivity contribution < 1.29 is 4.79 Å². The maximum atomic E-state index is 12.3. The highest BCUT2D eigenvalue weighted by molar-refractivity contribution is 5.76. The van der Waals surface area contributed by atoms with Crippen LogP contribution in [0.2, 0.25) is 0 Å². The van der Waals surface area contributed by atoms with E-state index < -0.39 is 0 Å². The molecule has 0 aliphatic carbocycles. The number of hydrogen-bond acceptors (Lipinski definition) is 5. The molecule has 0 unspecified atom stereocenters. The molecule has 2 aromatic rings. The van der Waals surface area contributed by atoms with Crippen molar-refractivity contribution in [1.29, 1.82) is 0 Å². The highest BCUT2D eigenvalue weighted by atomic mass is 16.2. The molecule has 1 aliphatic rings. The van der Waals surface area contributed by atoms with E-state index in [9.17, 15) is 4.79 Å². The van der Waals surface area contributed by atoms with E-state index in [0.29, 0.717) is 6.42 Å².